The van der Waals surface area contributed by atoms with E-state index < -0.39 is 23.1 Å². The average molecular weight is 513 g/mol. The van der Waals surface area contributed by atoms with Gasteiger partial charge in [0.25, 0.3) is 5.76 Å². The molecule has 0 radical (unpaired) electrons. The number of hydrogen-bond donors (Lipinski definition) is 2. The molecule has 35 heavy (non-hydrogen) atoms. The number of halogens is 4. The maximum Gasteiger partial charge on any atom is 0.453 e. The van der Waals surface area contributed by atoms with Gasteiger partial charge in [0.15, 0.2) is 5.58 Å². The molecule has 0 bridgehead atoms. The predicted octanol–water partition coefficient (Wildman–Crippen LogP) is 5.97. The summed E-state index contributed by atoms with van der Waals surface area (Å²) in [7, 11) is 0. The van der Waals surface area contributed by atoms with Crippen LogP contribution < -0.4 is 15.1 Å². The molecule has 190 valence electrons. The fraction of sp³-hybridized carbons (Fsp3) is 0.423. The van der Waals surface area contributed by atoms with Crippen molar-refractivity contribution in [3.8, 4) is 17.2 Å². The van der Waals surface area contributed by atoms with Crippen LogP contribution in [0.5, 0.6) is 17.2 Å². The molecule has 0 aliphatic rings. The van der Waals surface area contributed by atoms with Gasteiger partial charge in [-0.1, -0.05) is 39.3 Å². The Morgan fingerprint density at radius 2 is 1.71 bits per heavy atom. The van der Waals surface area contributed by atoms with Crippen LogP contribution in [0.2, 0.25) is 5.02 Å². The Bertz CT molecular complexity index is 1260. The van der Waals surface area contributed by atoms with Gasteiger partial charge >= 0.3 is 6.18 Å². The largest absolute Gasteiger partial charge is 0.507 e. The Morgan fingerprint density at radius 1 is 1.09 bits per heavy atom. The van der Waals surface area contributed by atoms with Crippen molar-refractivity contribution in [3.05, 3.63) is 62.5 Å². The van der Waals surface area contributed by atoms with Gasteiger partial charge in [-0.2, -0.15) is 13.2 Å². The molecule has 1 aromatic heterocycles. The van der Waals surface area contributed by atoms with E-state index in [1.807, 2.05) is 27.7 Å². The molecule has 0 amide bonds. The highest BCUT2D eigenvalue weighted by Gasteiger charge is 2.41. The van der Waals surface area contributed by atoms with Crippen LogP contribution in [0, 0.1) is 18.8 Å². The lowest BCUT2D eigenvalue weighted by molar-refractivity contribution is -0.919. The summed E-state index contributed by atoms with van der Waals surface area (Å²) in [6, 6.07) is 6.85. The van der Waals surface area contributed by atoms with Gasteiger partial charge < -0.3 is 19.2 Å². The van der Waals surface area contributed by atoms with Gasteiger partial charge in [0.1, 0.15) is 18.0 Å². The Labute approximate surface area is 207 Å². The van der Waals surface area contributed by atoms with Crippen LogP contribution >= 0.6 is 11.6 Å². The van der Waals surface area contributed by atoms with E-state index in [4.69, 9.17) is 20.8 Å². The van der Waals surface area contributed by atoms with Crippen LogP contribution in [0.15, 0.2) is 39.5 Å². The predicted molar refractivity (Wildman–Crippen MR) is 129 cm³/mol. The molecule has 9 heteroatoms. The molecule has 0 atom stereocenters. The summed E-state index contributed by atoms with van der Waals surface area (Å²) < 4.78 is 52.9. The molecule has 3 rings (SSSR count). The number of hydrogen-bond acceptors (Lipinski definition) is 4. The molecule has 1 heterocycles. The number of alkyl halides is 3. The molecule has 2 N–H and O–H groups in total. The highest BCUT2D eigenvalue weighted by molar-refractivity contribution is 6.31. The van der Waals surface area contributed by atoms with Gasteiger partial charge in [0.05, 0.1) is 24.0 Å². The number of nitrogens with one attached hydrogen (secondary N) is 1. The summed E-state index contributed by atoms with van der Waals surface area (Å²) >= 11 is 5.99. The minimum absolute atomic E-state index is 0.0209. The summed E-state index contributed by atoms with van der Waals surface area (Å²) in [4.78, 5) is 14.3. The average Bonchev–Trinajstić information content (AvgIpc) is 2.72. The maximum atomic E-state index is 14.0. The van der Waals surface area contributed by atoms with E-state index in [0.29, 0.717) is 22.4 Å². The normalized spacial score (nSPS) is 12.3. The Kier molecular flexibility index (Phi) is 8.07. The molecular weight excluding hydrogens is 483 g/mol. The second-order valence-corrected chi connectivity index (χ2v) is 10.1. The van der Waals surface area contributed by atoms with Gasteiger partial charge in [-0.05, 0) is 42.8 Å². The number of fused-ring (bicyclic) bond motifs is 1. The number of phenolic OH excluding ortho intramolecular Hbond substituents is 1. The van der Waals surface area contributed by atoms with Crippen molar-refractivity contribution in [2.75, 3.05) is 13.1 Å². The third kappa shape index (κ3) is 6.30. The van der Waals surface area contributed by atoms with E-state index in [1.165, 1.54) is 30.3 Å². The Hall–Kier alpha value is -2.71. The van der Waals surface area contributed by atoms with Crippen molar-refractivity contribution in [1.29, 1.82) is 0 Å². The lowest BCUT2D eigenvalue weighted by atomic mass is 10.1. The molecular formula is C26H30ClF3NO4+. The summed E-state index contributed by atoms with van der Waals surface area (Å²) in [5, 5.41) is 10.9. The molecule has 0 spiro atoms. The number of quaternary nitrogens is 1. The highest BCUT2D eigenvalue weighted by atomic mass is 35.5. The number of benzene rings is 2. The molecule has 0 unspecified atom stereocenters. The van der Waals surface area contributed by atoms with Crippen LogP contribution in [0.4, 0.5) is 13.2 Å². The van der Waals surface area contributed by atoms with Crippen LogP contribution in [0.25, 0.3) is 11.0 Å². The SMILES string of the molecule is Cc1cc(Oc2c(C(F)(F)F)oc3c(C[NH+](CC(C)C)CC(C)C)c(O)ccc3c2=O)ccc1Cl. The maximum absolute atomic E-state index is 14.0. The van der Waals surface area contributed by atoms with Crippen molar-refractivity contribution >= 4 is 22.6 Å². The van der Waals surface area contributed by atoms with Crippen molar-refractivity contribution in [2.45, 2.75) is 47.3 Å². The van der Waals surface area contributed by atoms with E-state index in [1.54, 1.807) is 6.92 Å². The van der Waals surface area contributed by atoms with E-state index in [9.17, 15) is 23.1 Å². The van der Waals surface area contributed by atoms with Crippen LogP contribution in [0.1, 0.15) is 44.6 Å². The number of phenols is 1. The molecule has 0 aliphatic carbocycles. The van der Waals surface area contributed by atoms with Gasteiger partial charge in [-0.25, -0.2) is 0 Å². The summed E-state index contributed by atoms with van der Waals surface area (Å²) in [5.74, 6) is -2.07. The lowest BCUT2D eigenvalue weighted by Gasteiger charge is -2.24. The van der Waals surface area contributed by atoms with E-state index >= 15 is 0 Å². The van der Waals surface area contributed by atoms with Gasteiger partial charge in [0.2, 0.25) is 11.2 Å². The molecule has 0 saturated heterocycles. The first kappa shape index (κ1) is 26.9. The Morgan fingerprint density at radius 3 is 2.26 bits per heavy atom. The molecule has 3 aromatic rings. The summed E-state index contributed by atoms with van der Waals surface area (Å²) in [6.07, 6.45) is -5.00. The van der Waals surface area contributed by atoms with Gasteiger partial charge in [0, 0.05) is 16.9 Å². The molecule has 5 nitrogen and oxygen atoms in total. The topological polar surface area (TPSA) is 64.1 Å². The zero-order chi connectivity index (χ0) is 26.1. The van der Waals surface area contributed by atoms with E-state index in [-0.39, 0.29) is 34.6 Å². The number of aryl methyl sites for hydroxylation is 1. The third-order valence-electron chi connectivity index (χ3n) is 5.52. The van der Waals surface area contributed by atoms with Gasteiger partial charge in [-0.3, -0.25) is 4.79 Å². The fourth-order valence-electron chi connectivity index (χ4n) is 4.17. The zero-order valence-corrected chi connectivity index (χ0v) is 21.1. The van der Waals surface area contributed by atoms with Crippen molar-refractivity contribution in [2.24, 2.45) is 11.8 Å². The minimum Gasteiger partial charge on any atom is -0.507 e. The lowest BCUT2D eigenvalue weighted by Crippen LogP contribution is -3.11. The van der Waals surface area contributed by atoms with E-state index in [0.717, 1.165) is 18.0 Å². The monoisotopic (exact) mass is 512 g/mol. The van der Waals surface area contributed by atoms with Crippen molar-refractivity contribution in [3.63, 3.8) is 0 Å². The number of ether oxygens (including phenoxy) is 1. The second-order valence-electron chi connectivity index (χ2n) is 9.66. The second kappa shape index (κ2) is 10.5. The van der Waals surface area contributed by atoms with Crippen molar-refractivity contribution < 1.29 is 32.3 Å². The Balaban J connectivity index is 2.20. The number of rotatable bonds is 8. The van der Waals surface area contributed by atoms with Crippen LogP contribution in [-0.4, -0.2) is 18.2 Å². The summed E-state index contributed by atoms with van der Waals surface area (Å²) in [6.45, 7) is 11.5. The van der Waals surface area contributed by atoms with Crippen LogP contribution in [0.3, 0.4) is 0 Å². The fourth-order valence-corrected chi connectivity index (χ4v) is 4.29. The molecule has 0 fully saturated rings. The standard InChI is InChI=1S/C26H29ClF3NO4/c1-14(2)11-31(12-15(3)4)13-19-21(32)9-7-18-22(33)24(25(26(28,29)30)35-23(18)19)34-17-6-8-20(27)16(5)10-17/h6-10,14-15,32H,11-13H2,1-5H3/p+1. The number of aromatic hydroxyl groups is 1. The zero-order valence-electron chi connectivity index (χ0n) is 20.3. The molecule has 0 aliphatic heterocycles. The molecule has 2 aromatic carbocycles. The first-order valence-corrected chi connectivity index (χ1v) is 11.8. The first-order valence-electron chi connectivity index (χ1n) is 11.4. The summed E-state index contributed by atoms with van der Waals surface area (Å²) in [5.41, 5.74) is -0.516. The third-order valence-corrected chi connectivity index (χ3v) is 5.95. The quantitative estimate of drug-likeness (QED) is 0.390. The van der Waals surface area contributed by atoms with E-state index in [2.05, 4.69) is 0 Å². The molecule has 0 saturated carbocycles. The van der Waals surface area contributed by atoms with Crippen LogP contribution in [-0.2, 0) is 12.7 Å². The van der Waals surface area contributed by atoms with Gasteiger partial charge in [-0.15, -0.1) is 0 Å². The smallest absolute Gasteiger partial charge is 0.453 e. The first-order chi connectivity index (χ1) is 16.3. The highest BCUT2D eigenvalue weighted by Crippen LogP contribution is 2.40. The minimum atomic E-state index is -5.00. The van der Waals surface area contributed by atoms with Crippen molar-refractivity contribution in [1.82, 2.24) is 0 Å².